The first-order valence-electron chi connectivity index (χ1n) is 4.97. The molecule has 3 nitrogen and oxygen atoms in total. The summed E-state index contributed by atoms with van der Waals surface area (Å²) in [5, 5.41) is 5.72. The summed E-state index contributed by atoms with van der Waals surface area (Å²) in [5.74, 6) is -0.176. The van der Waals surface area contributed by atoms with E-state index in [0.717, 1.165) is 11.1 Å². The minimum absolute atomic E-state index is 0.176. The zero-order chi connectivity index (χ0) is 11.7. The van der Waals surface area contributed by atoms with Gasteiger partial charge in [0.1, 0.15) is 5.70 Å². The highest BCUT2D eigenvalue weighted by atomic mass is 32.1. The van der Waals surface area contributed by atoms with Gasteiger partial charge in [-0.05, 0) is 43.3 Å². The average molecular weight is 232 g/mol. The first kappa shape index (κ1) is 10.8. The molecule has 1 aromatic carbocycles. The summed E-state index contributed by atoms with van der Waals surface area (Å²) in [6.45, 7) is 4.06. The lowest BCUT2D eigenvalue weighted by Gasteiger charge is -2.02. The third-order valence-corrected chi connectivity index (χ3v) is 2.65. The molecule has 0 atom stereocenters. The van der Waals surface area contributed by atoms with Gasteiger partial charge in [-0.15, -0.1) is 0 Å². The van der Waals surface area contributed by atoms with Crippen molar-refractivity contribution in [3.8, 4) is 0 Å². The van der Waals surface area contributed by atoms with Gasteiger partial charge in [0.05, 0.1) is 0 Å². The molecule has 1 fully saturated rings. The Morgan fingerprint density at radius 3 is 2.56 bits per heavy atom. The number of aryl methyl sites for hydroxylation is 2. The number of benzene rings is 1. The summed E-state index contributed by atoms with van der Waals surface area (Å²) in [6, 6.07) is 6.09. The zero-order valence-electron chi connectivity index (χ0n) is 9.13. The van der Waals surface area contributed by atoms with Gasteiger partial charge >= 0.3 is 0 Å². The maximum Gasteiger partial charge on any atom is 0.273 e. The van der Waals surface area contributed by atoms with Crippen molar-refractivity contribution in [3.63, 3.8) is 0 Å². The van der Waals surface area contributed by atoms with Crippen molar-refractivity contribution in [1.29, 1.82) is 0 Å². The molecule has 1 aromatic rings. The molecule has 0 radical (unpaired) electrons. The normalized spacial score (nSPS) is 17.5. The van der Waals surface area contributed by atoms with E-state index in [9.17, 15) is 4.79 Å². The maximum atomic E-state index is 11.4. The lowest BCUT2D eigenvalue weighted by atomic mass is 10.0. The van der Waals surface area contributed by atoms with Gasteiger partial charge in [-0.3, -0.25) is 10.1 Å². The molecule has 1 aliphatic heterocycles. The molecule has 0 aliphatic carbocycles. The van der Waals surface area contributed by atoms with E-state index in [-0.39, 0.29) is 5.91 Å². The molecular formula is C12H12N2OS. The largest absolute Gasteiger partial charge is 0.328 e. The fourth-order valence-corrected chi connectivity index (χ4v) is 1.83. The van der Waals surface area contributed by atoms with Crippen LogP contribution in [0.25, 0.3) is 6.08 Å². The highest BCUT2D eigenvalue weighted by Gasteiger charge is 2.19. The molecule has 1 aliphatic rings. The Bertz CT molecular complexity index is 506. The zero-order valence-corrected chi connectivity index (χ0v) is 9.94. The summed E-state index contributed by atoms with van der Waals surface area (Å²) in [5.41, 5.74) is 3.86. The van der Waals surface area contributed by atoms with Crippen LogP contribution in [0.2, 0.25) is 0 Å². The summed E-state index contributed by atoms with van der Waals surface area (Å²) in [7, 11) is 0. The van der Waals surface area contributed by atoms with Crippen molar-refractivity contribution in [3.05, 3.63) is 40.6 Å². The van der Waals surface area contributed by atoms with Crippen molar-refractivity contribution in [2.24, 2.45) is 0 Å². The van der Waals surface area contributed by atoms with Gasteiger partial charge in [-0.25, -0.2) is 0 Å². The summed E-state index contributed by atoms with van der Waals surface area (Å²) in [4.78, 5) is 11.4. The Hall–Kier alpha value is -1.68. The van der Waals surface area contributed by atoms with Crippen molar-refractivity contribution in [1.82, 2.24) is 10.6 Å². The monoisotopic (exact) mass is 232 g/mol. The van der Waals surface area contributed by atoms with Gasteiger partial charge in [0.2, 0.25) is 0 Å². The lowest BCUT2D eigenvalue weighted by molar-refractivity contribution is -0.115. The Morgan fingerprint density at radius 1 is 1.25 bits per heavy atom. The highest BCUT2D eigenvalue weighted by molar-refractivity contribution is 7.80. The van der Waals surface area contributed by atoms with Crippen LogP contribution in [0.5, 0.6) is 0 Å². The molecule has 4 heteroatoms. The van der Waals surface area contributed by atoms with E-state index < -0.39 is 0 Å². The highest BCUT2D eigenvalue weighted by Crippen LogP contribution is 2.14. The number of rotatable bonds is 1. The van der Waals surface area contributed by atoms with Gasteiger partial charge in [-0.1, -0.05) is 23.8 Å². The van der Waals surface area contributed by atoms with Crippen LogP contribution in [0.4, 0.5) is 0 Å². The molecule has 0 bridgehead atoms. The summed E-state index contributed by atoms with van der Waals surface area (Å²) in [6.07, 6.45) is 1.81. The van der Waals surface area contributed by atoms with Crippen molar-refractivity contribution in [2.45, 2.75) is 13.8 Å². The van der Waals surface area contributed by atoms with E-state index in [4.69, 9.17) is 12.2 Å². The maximum absolute atomic E-state index is 11.4. The second-order valence-electron chi connectivity index (χ2n) is 3.83. The first-order chi connectivity index (χ1) is 7.56. The Kier molecular flexibility index (Phi) is 2.75. The number of amides is 1. The van der Waals surface area contributed by atoms with Crippen LogP contribution in [0, 0.1) is 13.8 Å². The Balaban J connectivity index is 2.36. The number of thiocarbonyl (C=S) groups is 1. The number of carbonyl (C=O) groups excluding carboxylic acids is 1. The van der Waals surface area contributed by atoms with Gasteiger partial charge in [0, 0.05) is 0 Å². The van der Waals surface area contributed by atoms with Crippen molar-refractivity contribution >= 4 is 29.3 Å². The van der Waals surface area contributed by atoms with Gasteiger partial charge in [0.15, 0.2) is 5.11 Å². The molecular weight excluding hydrogens is 220 g/mol. The number of carbonyl (C=O) groups is 1. The predicted molar refractivity (Wildman–Crippen MR) is 67.8 cm³/mol. The number of nitrogens with one attached hydrogen (secondary N) is 2. The summed E-state index contributed by atoms with van der Waals surface area (Å²) < 4.78 is 0. The minimum Gasteiger partial charge on any atom is -0.328 e. The lowest BCUT2D eigenvalue weighted by Crippen LogP contribution is -2.21. The number of hydrogen-bond acceptors (Lipinski definition) is 2. The van der Waals surface area contributed by atoms with Crippen LogP contribution in [0.1, 0.15) is 16.7 Å². The van der Waals surface area contributed by atoms with Crippen LogP contribution >= 0.6 is 12.2 Å². The molecule has 0 spiro atoms. The summed E-state index contributed by atoms with van der Waals surface area (Å²) >= 11 is 4.86. The van der Waals surface area contributed by atoms with Crippen molar-refractivity contribution < 1.29 is 4.79 Å². The number of hydrogen-bond donors (Lipinski definition) is 2. The molecule has 0 unspecified atom stereocenters. The third-order valence-electron chi connectivity index (χ3n) is 2.45. The molecule has 2 N–H and O–H groups in total. The minimum atomic E-state index is -0.176. The smallest absolute Gasteiger partial charge is 0.273 e. The molecule has 1 heterocycles. The average Bonchev–Trinajstić information content (AvgIpc) is 2.50. The molecule has 82 valence electrons. The standard InChI is InChI=1S/C12H12N2OS/c1-7-3-4-9(8(2)5-7)6-10-11(15)14-12(16)13-10/h3-6H,1-2H3,(H2,13,14,15,16)/b10-6-. The fourth-order valence-electron chi connectivity index (χ4n) is 1.63. The first-order valence-corrected chi connectivity index (χ1v) is 5.38. The molecule has 2 rings (SSSR count). The van der Waals surface area contributed by atoms with Crippen LogP contribution in [-0.4, -0.2) is 11.0 Å². The topological polar surface area (TPSA) is 41.1 Å². The SMILES string of the molecule is Cc1ccc(/C=C2\NC(=S)NC2=O)c(C)c1. The van der Waals surface area contributed by atoms with E-state index >= 15 is 0 Å². The van der Waals surface area contributed by atoms with Crippen LogP contribution in [0.3, 0.4) is 0 Å². The molecule has 0 saturated carbocycles. The Labute approximate surface area is 99.5 Å². The molecule has 1 amide bonds. The quantitative estimate of drug-likeness (QED) is 0.571. The molecule has 16 heavy (non-hydrogen) atoms. The van der Waals surface area contributed by atoms with E-state index in [0.29, 0.717) is 10.8 Å². The molecule has 1 saturated heterocycles. The van der Waals surface area contributed by atoms with Crippen LogP contribution < -0.4 is 10.6 Å². The fraction of sp³-hybridized carbons (Fsp3) is 0.167. The van der Waals surface area contributed by atoms with Gasteiger partial charge in [-0.2, -0.15) is 0 Å². The van der Waals surface area contributed by atoms with Crippen LogP contribution in [0.15, 0.2) is 23.9 Å². The van der Waals surface area contributed by atoms with Crippen molar-refractivity contribution in [2.75, 3.05) is 0 Å². The van der Waals surface area contributed by atoms with Gasteiger partial charge in [0.25, 0.3) is 5.91 Å². The van der Waals surface area contributed by atoms with Gasteiger partial charge < -0.3 is 5.32 Å². The molecule has 0 aromatic heterocycles. The second kappa shape index (κ2) is 4.06. The van der Waals surface area contributed by atoms with E-state index in [1.165, 1.54) is 5.56 Å². The second-order valence-corrected chi connectivity index (χ2v) is 4.23. The third kappa shape index (κ3) is 2.12. The van der Waals surface area contributed by atoms with E-state index in [1.54, 1.807) is 0 Å². The predicted octanol–water partition coefficient (Wildman–Crippen LogP) is 1.65. The van der Waals surface area contributed by atoms with E-state index in [2.05, 4.69) is 16.7 Å². The van der Waals surface area contributed by atoms with E-state index in [1.807, 2.05) is 32.1 Å². The Morgan fingerprint density at radius 2 is 2.00 bits per heavy atom. The van der Waals surface area contributed by atoms with Crippen LogP contribution in [-0.2, 0) is 4.79 Å².